The van der Waals surface area contributed by atoms with Crippen molar-refractivity contribution >= 4 is 23.6 Å². The summed E-state index contributed by atoms with van der Waals surface area (Å²) in [4.78, 5) is 22.1. The van der Waals surface area contributed by atoms with Gasteiger partial charge in [-0.05, 0) is 55.7 Å². The number of rotatable bonds is 9. The molecule has 0 radical (unpaired) electrons. The number of likely N-dealkylation sites (N-methyl/N-ethyl adjacent to an activating group) is 1. The molecule has 2 N–H and O–H groups in total. The Kier molecular flexibility index (Phi) is 9.70. The van der Waals surface area contributed by atoms with Crippen LogP contribution in [0.2, 0.25) is 0 Å². The van der Waals surface area contributed by atoms with E-state index in [1.165, 1.54) is 10.5 Å². The summed E-state index contributed by atoms with van der Waals surface area (Å²) in [5.41, 5.74) is 2.94. The van der Waals surface area contributed by atoms with Crippen LogP contribution in [-0.2, 0) is 13.1 Å². The maximum atomic E-state index is 12.3. The lowest BCUT2D eigenvalue weighted by Gasteiger charge is -2.22. The molecule has 0 heterocycles. The highest BCUT2D eigenvalue weighted by Gasteiger charge is 2.09. The lowest BCUT2D eigenvalue weighted by Crippen LogP contribution is -2.38. The Labute approximate surface area is 184 Å². The van der Waals surface area contributed by atoms with Gasteiger partial charge in [-0.2, -0.15) is 0 Å². The molecular weight excluding hydrogens is 394 g/mol. The monoisotopic (exact) mass is 427 g/mol. The van der Waals surface area contributed by atoms with E-state index < -0.39 is 0 Å². The summed E-state index contributed by atoms with van der Waals surface area (Å²) < 4.78 is 0. The second kappa shape index (κ2) is 12.2. The summed E-state index contributed by atoms with van der Waals surface area (Å²) in [5, 5.41) is 6.34. The molecule has 0 unspecified atom stereocenters. The first-order valence-corrected chi connectivity index (χ1v) is 11.2. The molecule has 0 aromatic heterocycles. The van der Waals surface area contributed by atoms with E-state index in [9.17, 15) is 4.79 Å². The second-order valence-corrected chi connectivity index (χ2v) is 8.24. The van der Waals surface area contributed by atoms with Crippen molar-refractivity contribution in [1.29, 1.82) is 0 Å². The fourth-order valence-electron chi connectivity index (χ4n) is 2.96. The normalized spacial score (nSPS) is 11.5. The van der Waals surface area contributed by atoms with Gasteiger partial charge >= 0.3 is 0 Å². The SMILES string of the molecule is CN=C(NCc1cccc(C(=O)NCCN(C)C)c1)N(C)Cc1ccc(SC)cc1. The minimum Gasteiger partial charge on any atom is -0.352 e. The zero-order chi connectivity index (χ0) is 21.9. The number of hydrogen-bond donors (Lipinski definition) is 2. The molecule has 0 fully saturated rings. The minimum atomic E-state index is -0.0473. The van der Waals surface area contributed by atoms with Crippen LogP contribution >= 0.6 is 11.8 Å². The number of carbonyl (C=O) groups excluding carboxylic acids is 1. The molecule has 6 nitrogen and oxygen atoms in total. The van der Waals surface area contributed by atoms with Gasteiger partial charge in [0.15, 0.2) is 5.96 Å². The summed E-state index contributed by atoms with van der Waals surface area (Å²) in [6.45, 7) is 2.81. The summed E-state index contributed by atoms with van der Waals surface area (Å²) in [6.07, 6.45) is 2.08. The summed E-state index contributed by atoms with van der Waals surface area (Å²) in [7, 11) is 7.78. The van der Waals surface area contributed by atoms with Crippen molar-refractivity contribution in [3.8, 4) is 0 Å². The number of carbonyl (C=O) groups is 1. The number of benzene rings is 2. The van der Waals surface area contributed by atoms with Crippen molar-refractivity contribution in [3.63, 3.8) is 0 Å². The molecule has 1 amide bonds. The Balaban J connectivity index is 1.91. The van der Waals surface area contributed by atoms with Gasteiger partial charge in [-0.25, -0.2) is 0 Å². The highest BCUT2D eigenvalue weighted by molar-refractivity contribution is 7.98. The molecule has 0 saturated carbocycles. The van der Waals surface area contributed by atoms with Crippen LogP contribution in [0.3, 0.4) is 0 Å². The van der Waals surface area contributed by atoms with E-state index >= 15 is 0 Å². The van der Waals surface area contributed by atoms with Gasteiger partial charge < -0.3 is 20.4 Å². The summed E-state index contributed by atoms with van der Waals surface area (Å²) in [5.74, 6) is 0.763. The third-order valence-corrected chi connectivity index (χ3v) is 5.38. The second-order valence-electron chi connectivity index (χ2n) is 7.36. The molecule has 7 heteroatoms. The van der Waals surface area contributed by atoms with E-state index in [2.05, 4.69) is 51.0 Å². The maximum absolute atomic E-state index is 12.3. The minimum absolute atomic E-state index is 0.0473. The number of thioether (sulfide) groups is 1. The number of hydrogen-bond acceptors (Lipinski definition) is 4. The summed E-state index contributed by atoms with van der Waals surface area (Å²) in [6, 6.07) is 16.3. The Bertz CT molecular complexity index is 836. The standard InChI is InChI=1S/C23H33N5OS/c1-24-23(28(4)17-18-9-11-21(30-5)12-10-18)26-16-19-7-6-8-20(15-19)22(29)25-13-14-27(2)3/h6-12,15H,13-14,16-17H2,1-5H3,(H,24,26)(H,25,29). The Hall–Kier alpha value is -2.51. The highest BCUT2D eigenvalue weighted by atomic mass is 32.2. The highest BCUT2D eigenvalue weighted by Crippen LogP contribution is 2.15. The van der Waals surface area contributed by atoms with Crippen molar-refractivity contribution in [3.05, 3.63) is 65.2 Å². The molecule has 2 aromatic rings. The molecule has 0 atom stereocenters. The predicted octanol–water partition coefficient (Wildman–Crippen LogP) is 2.91. The van der Waals surface area contributed by atoms with Gasteiger partial charge in [-0.15, -0.1) is 11.8 Å². The Morgan fingerprint density at radius 2 is 1.77 bits per heavy atom. The fraction of sp³-hybridized carbons (Fsp3) is 0.391. The zero-order valence-electron chi connectivity index (χ0n) is 18.6. The molecule has 0 bridgehead atoms. The Morgan fingerprint density at radius 1 is 1.03 bits per heavy atom. The molecule has 30 heavy (non-hydrogen) atoms. The third kappa shape index (κ3) is 7.72. The smallest absolute Gasteiger partial charge is 0.251 e. The number of nitrogens with zero attached hydrogens (tertiary/aromatic N) is 3. The van der Waals surface area contributed by atoms with E-state index in [4.69, 9.17) is 0 Å². The van der Waals surface area contributed by atoms with Crippen molar-refractivity contribution in [1.82, 2.24) is 20.4 Å². The third-order valence-electron chi connectivity index (χ3n) is 4.64. The molecule has 162 valence electrons. The predicted molar refractivity (Wildman–Crippen MR) is 127 cm³/mol. The van der Waals surface area contributed by atoms with Crippen LogP contribution in [0.1, 0.15) is 21.5 Å². The van der Waals surface area contributed by atoms with Crippen LogP contribution in [0.4, 0.5) is 0 Å². The molecule has 2 rings (SSSR count). The molecular formula is C23H33N5OS. The van der Waals surface area contributed by atoms with Gasteiger partial charge in [0, 0.05) is 50.7 Å². The topological polar surface area (TPSA) is 60.0 Å². The largest absolute Gasteiger partial charge is 0.352 e. The van der Waals surface area contributed by atoms with E-state index in [0.29, 0.717) is 18.7 Å². The van der Waals surface area contributed by atoms with Crippen LogP contribution in [-0.4, -0.2) is 69.2 Å². The molecule has 0 aliphatic rings. The van der Waals surface area contributed by atoms with Crippen LogP contribution in [0.25, 0.3) is 0 Å². The van der Waals surface area contributed by atoms with Crippen LogP contribution in [0.5, 0.6) is 0 Å². The van der Waals surface area contributed by atoms with Crippen LogP contribution < -0.4 is 10.6 Å². The zero-order valence-corrected chi connectivity index (χ0v) is 19.4. The summed E-state index contributed by atoms with van der Waals surface area (Å²) >= 11 is 1.74. The Morgan fingerprint density at radius 3 is 2.40 bits per heavy atom. The number of amides is 1. The van der Waals surface area contributed by atoms with E-state index in [1.54, 1.807) is 18.8 Å². The average Bonchev–Trinajstić information content (AvgIpc) is 2.74. The van der Waals surface area contributed by atoms with Gasteiger partial charge in [-0.3, -0.25) is 9.79 Å². The van der Waals surface area contributed by atoms with Gasteiger partial charge in [0.25, 0.3) is 5.91 Å². The van der Waals surface area contributed by atoms with E-state index in [1.807, 2.05) is 50.3 Å². The quantitative estimate of drug-likeness (QED) is 0.366. The van der Waals surface area contributed by atoms with Crippen molar-refractivity contribution in [2.45, 2.75) is 18.0 Å². The van der Waals surface area contributed by atoms with Gasteiger partial charge in [0.05, 0.1) is 0 Å². The maximum Gasteiger partial charge on any atom is 0.251 e. The number of aliphatic imine (C=N–C) groups is 1. The first-order chi connectivity index (χ1) is 14.4. The van der Waals surface area contributed by atoms with Gasteiger partial charge in [-0.1, -0.05) is 24.3 Å². The van der Waals surface area contributed by atoms with E-state index in [0.717, 1.165) is 24.6 Å². The lowest BCUT2D eigenvalue weighted by atomic mass is 10.1. The van der Waals surface area contributed by atoms with Crippen LogP contribution in [0.15, 0.2) is 58.4 Å². The lowest BCUT2D eigenvalue weighted by molar-refractivity contribution is 0.0951. The molecule has 0 aliphatic carbocycles. The average molecular weight is 428 g/mol. The first-order valence-electron chi connectivity index (χ1n) is 9.99. The van der Waals surface area contributed by atoms with E-state index in [-0.39, 0.29) is 5.91 Å². The fourth-order valence-corrected chi connectivity index (χ4v) is 3.37. The van der Waals surface area contributed by atoms with Gasteiger partial charge in [0.2, 0.25) is 0 Å². The van der Waals surface area contributed by atoms with Crippen molar-refractivity contribution < 1.29 is 4.79 Å². The number of nitrogens with one attached hydrogen (secondary N) is 2. The molecule has 2 aromatic carbocycles. The van der Waals surface area contributed by atoms with Crippen molar-refractivity contribution in [2.75, 3.05) is 47.5 Å². The molecule has 0 saturated heterocycles. The van der Waals surface area contributed by atoms with Gasteiger partial charge in [0.1, 0.15) is 0 Å². The molecule has 0 aliphatic heterocycles. The molecule has 0 spiro atoms. The number of guanidine groups is 1. The van der Waals surface area contributed by atoms with Crippen LogP contribution in [0, 0.1) is 0 Å². The van der Waals surface area contributed by atoms with Crippen molar-refractivity contribution in [2.24, 2.45) is 4.99 Å². The first kappa shape index (κ1) is 23.8.